The molecule has 0 spiro atoms. The summed E-state index contributed by atoms with van der Waals surface area (Å²) in [6.45, 7) is 2.70. The Morgan fingerprint density at radius 2 is 1.38 bits per heavy atom. The van der Waals surface area contributed by atoms with E-state index in [9.17, 15) is 9.59 Å². The molecule has 0 aliphatic heterocycles. The number of Topliss-reactive ketones (excluding diaryl/α,β-unsaturated/α-hetero) is 2. The summed E-state index contributed by atoms with van der Waals surface area (Å²) in [5.74, 6) is -0.375. The van der Waals surface area contributed by atoms with Crippen molar-refractivity contribution in [1.82, 2.24) is 0 Å². The van der Waals surface area contributed by atoms with Crippen molar-refractivity contribution < 1.29 is 45.2 Å². The second kappa shape index (κ2) is 5.54. The second-order valence-corrected chi connectivity index (χ2v) is 1.37. The van der Waals surface area contributed by atoms with Crippen LogP contribution in [0.2, 0.25) is 0 Å². The summed E-state index contributed by atoms with van der Waals surface area (Å²) in [6, 6.07) is 0. The van der Waals surface area contributed by atoms with E-state index in [1.807, 2.05) is 0 Å². The van der Waals surface area contributed by atoms with Gasteiger partial charge in [-0.15, -0.1) is 0 Å². The number of hydrogen-bond donors (Lipinski definition) is 0. The van der Waals surface area contributed by atoms with Gasteiger partial charge < -0.3 is 9.59 Å². The van der Waals surface area contributed by atoms with Crippen LogP contribution in [0.4, 0.5) is 0 Å². The molecule has 0 aromatic carbocycles. The zero-order valence-corrected chi connectivity index (χ0v) is 8.60. The Labute approximate surface area is 76.6 Å². The molecule has 2 nitrogen and oxygen atoms in total. The molecular weight excluding hydrogens is 231 g/mol. The summed E-state index contributed by atoms with van der Waals surface area (Å²) < 4.78 is 0. The minimum Gasteiger partial charge on any atom is -0.334 e. The number of rotatable bonds is 2. The SMILES string of the molecule is CC(=O)[CH-]C(C)=O.[La]. The van der Waals surface area contributed by atoms with Crippen LogP contribution >= 0.6 is 0 Å². The van der Waals surface area contributed by atoms with Crippen molar-refractivity contribution in [2.24, 2.45) is 0 Å². The third-order valence-corrected chi connectivity index (χ3v) is 0.407. The maximum absolute atomic E-state index is 9.98. The molecule has 43 valence electrons. The molecule has 0 amide bonds. The molecule has 1 radical (unpaired) electrons. The summed E-state index contributed by atoms with van der Waals surface area (Å²) in [7, 11) is 0. The van der Waals surface area contributed by atoms with E-state index < -0.39 is 0 Å². The van der Waals surface area contributed by atoms with Gasteiger partial charge >= 0.3 is 0 Å². The first-order valence-corrected chi connectivity index (χ1v) is 1.99. The Morgan fingerprint density at radius 1 is 1.12 bits per heavy atom. The van der Waals surface area contributed by atoms with Crippen LogP contribution in [0, 0.1) is 42.0 Å². The summed E-state index contributed by atoms with van der Waals surface area (Å²) in [5.41, 5.74) is 0. The zero-order chi connectivity index (χ0) is 5.86. The van der Waals surface area contributed by atoms with Crippen LogP contribution < -0.4 is 0 Å². The molecule has 0 bridgehead atoms. The third-order valence-electron chi connectivity index (χ3n) is 0.407. The van der Waals surface area contributed by atoms with Gasteiger partial charge in [-0.25, -0.2) is 0 Å². The fourth-order valence-electron chi connectivity index (χ4n) is 0.286. The first-order valence-electron chi connectivity index (χ1n) is 1.99. The van der Waals surface area contributed by atoms with Crippen molar-refractivity contribution in [2.45, 2.75) is 13.8 Å². The molecular formula is C5H7LaO2-. The molecule has 0 aromatic rings. The largest absolute Gasteiger partial charge is 0.334 e. The average Bonchev–Trinajstić information content (AvgIpc) is 1.27. The Hall–Kier alpha value is 0.405. The van der Waals surface area contributed by atoms with E-state index in [1.165, 1.54) is 13.8 Å². The van der Waals surface area contributed by atoms with Crippen LogP contribution in [-0.4, -0.2) is 11.6 Å². The average molecular weight is 238 g/mol. The zero-order valence-electron chi connectivity index (χ0n) is 4.97. The molecule has 0 saturated heterocycles. The molecule has 0 fully saturated rings. The summed E-state index contributed by atoms with van der Waals surface area (Å²) in [5, 5.41) is 0. The molecule has 0 aromatic heterocycles. The van der Waals surface area contributed by atoms with Crippen LogP contribution in [-0.2, 0) is 9.59 Å². The van der Waals surface area contributed by atoms with Crippen molar-refractivity contribution in [2.75, 3.05) is 0 Å². The van der Waals surface area contributed by atoms with Crippen molar-refractivity contribution >= 4 is 11.6 Å². The van der Waals surface area contributed by atoms with Crippen LogP contribution in [0.25, 0.3) is 0 Å². The van der Waals surface area contributed by atoms with Crippen molar-refractivity contribution in [3.63, 3.8) is 0 Å². The van der Waals surface area contributed by atoms with Crippen LogP contribution in [0.5, 0.6) is 0 Å². The van der Waals surface area contributed by atoms with E-state index in [4.69, 9.17) is 0 Å². The van der Waals surface area contributed by atoms with Crippen LogP contribution in [0.1, 0.15) is 13.8 Å². The quantitative estimate of drug-likeness (QED) is 0.514. The second-order valence-electron chi connectivity index (χ2n) is 1.37. The Kier molecular flexibility index (Phi) is 7.78. The molecule has 0 saturated carbocycles. The molecule has 0 rings (SSSR count). The van der Waals surface area contributed by atoms with Crippen molar-refractivity contribution in [3.8, 4) is 0 Å². The van der Waals surface area contributed by atoms with Crippen LogP contribution in [0.3, 0.4) is 0 Å². The maximum Gasteiger partial charge on any atom is 0.00219 e. The van der Waals surface area contributed by atoms with E-state index in [2.05, 4.69) is 0 Å². The van der Waals surface area contributed by atoms with E-state index >= 15 is 0 Å². The fraction of sp³-hybridized carbons (Fsp3) is 0.400. The predicted octanol–water partition coefficient (Wildman–Crippen LogP) is 0.369. The minimum absolute atomic E-state index is 0. The third kappa shape index (κ3) is 9.64. The molecule has 3 heteroatoms. The monoisotopic (exact) mass is 238 g/mol. The van der Waals surface area contributed by atoms with Gasteiger partial charge in [0.25, 0.3) is 0 Å². The van der Waals surface area contributed by atoms with Gasteiger partial charge in [0.15, 0.2) is 0 Å². The first-order chi connectivity index (χ1) is 3.13. The number of carbonyl (C=O) groups excluding carboxylic acids is 2. The van der Waals surface area contributed by atoms with E-state index in [0.717, 1.165) is 6.42 Å². The Bertz CT molecular complexity index is 86.6. The van der Waals surface area contributed by atoms with Crippen molar-refractivity contribution in [1.29, 1.82) is 0 Å². The van der Waals surface area contributed by atoms with Gasteiger partial charge in [0.05, 0.1) is 0 Å². The van der Waals surface area contributed by atoms with Gasteiger partial charge in [-0.1, -0.05) is 0 Å². The van der Waals surface area contributed by atoms with Gasteiger partial charge in [0.1, 0.15) is 0 Å². The molecule has 0 unspecified atom stereocenters. The number of hydrogen-bond acceptors (Lipinski definition) is 2. The van der Waals surface area contributed by atoms with Crippen LogP contribution in [0.15, 0.2) is 0 Å². The summed E-state index contributed by atoms with van der Waals surface area (Å²) in [6.07, 6.45) is 1.06. The normalized spacial score (nSPS) is 6.75. The van der Waals surface area contributed by atoms with Gasteiger partial charge in [-0.2, -0.15) is 0 Å². The van der Waals surface area contributed by atoms with E-state index in [-0.39, 0.29) is 47.2 Å². The smallest absolute Gasteiger partial charge is 0.00219 e. The molecule has 0 aliphatic rings. The summed E-state index contributed by atoms with van der Waals surface area (Å²) in [4.78, 5) is 20.0. The van der Waals surface area contributed by atoms with Crippen molar-refractivity contribution in [3.05, 3.63) is 6.42 Å². The maximum atomic E-state index is 9.98. The molecule has 0 atom stereocenters. The molecule has 0 aliphatic carbocycles. The molecule has 8 heavy (non-hydrogen) atoms. The predicted molar refractivity (Wildman–Crippen MR) is 25.7 cm³/mol. The van der Waals surface area contributed by atoms with Gasteiger partial charge in [-0.05, 0) is 13.8 Å². The van der Waals surface area contributed by atoms with Gasteiger partial charge in [0, 0.05) is 47.2 Å². The Morgan fingerprint density at radius 3 is 1.38 bits per heavy atom. The number of ketones is 2. The molecule has 0 heterocycles. The van der Waals surface area contributed by atoms with Gasteiger partial charge in [0.2, 0.25) is 0 Å². The molecule has 0 N–H and O–H groups in total. The fourth-order valence-corrected chi connectivity index (χ4v) is 0.286. The van der Waals surface area contributed by atoms with E-state index in [0.29, 0.717) is 0 Å². The first kappa shape index (κ1) is 11.2. The Balaban J connectivity index is 0. The number of carbonyl (C=O) groups is 2. The van der Waals surface area contributed by atoms with E-state index in [1.54, 1.807) is 0 Å². The topological polar surface area (TPSA) is 34.1 Å². The summed E-state index contributed by atoms with van der Waals surface area (Å²) >= 11 is 0. The van der Waals surface area contributed by atoms with Gasteiger partial charge in [-0.3, -0.25) is 6.42 Å². The standard InChI is InChI=1S/C5H7O2.La/c1-4(6)3-5(2)7;/h3H,1-2H3;/q-1;. The minimum atomic E-state index is -0.187.